The van der Waals surface area contributed by atoms with Crippen molar-refractivity contribution in [1.29, 1.82) is 0 Å². The van der Waals surface area contributed by atoms with E-state index >= 15 is 0 Å². The molecule has 0 aliphatic carbocycles. The van der Waals surface area contributed by atoms with Crippen LogP contribution in [0.1, 0.15) is 6.92 Å². The van der Waals surface area contributed by atoms with Crippen molar-refractivity contribution < 1.29 is 30.3 Å². The Morgan fingerprint density at radius 3 is 1.69 bits per heavy atom. The molecule has 4 atom stereocenters. The summed E-state index contributed by atoms with van der Waals surface area (Å²) in [6.45, 7) is 1.17. The fourth-order valence-electron chi connectivity index (χ4n) is 0.618. The van der Waals surface area contributed by atoms with Gasteiger partial charge in [-0.3, -0.25) is 0 Å². The zero-order valence-corrected chi connectivity index (χ0v) is 9.45. The van der Waals surface area contributed by atoms with Gasteiger partial charge in [0.2, 0.25) is 0 Å². The van der Waals surface area contributed by atoms with Crippen LogP contribution in [0.3, 0.4) is 0 Å². The minimum atomic E-state index is -2.09. The van der Waals surface area contributed by atoms with Crippen LogP contribution in [0.5, 0.6) is 0 Å². The summed E-state index contributed by atoms with van der Waals surface area (Å²) in [7, 11) is 0. The van der Waals surface area contributed by atoms with E-state index in [-0.39, 0.29) is 29.6 Å². The molecule has 0 spiro atoms. The Morgan fingerprint density at radius 2 is 1.46 bits per heavy atom. The van der Waals surface area contributed by atoms with E-state index < -0.39 is 30.4 Å². The molecular weight excluding hydrogens is 191 g/mol. The summed E-state index contributed by atoms with van der Waals surface area (Å²) >= 11 is 0. The number of hydrogen-bond donors (Lipinski definition) is 5. The molecule has 5 N–H and O–H groups in total. The van der Waals surface area contributed by atoms with Crippen LogP contribution in [-0.2, 0) is 4.79 Å². The first-order valence-corrected chi connectivity index (χ1v) is 3.33. The van der Waals surface area contributed by atoms with Crippen molar-refractivity contribution in [3.8, 4) is 0 Å². The van der Waals surface area contributed by atoms with E-state index in [4.69, 9.17) is 25.5 Å². The molecule has 0 rings (SSSR count). The van der Waals surface area contributed by atoms with Crippen LogP contribution in [0.2, 0.25) is 0 Å². The maximum atomic E-state index is 10.1. The van der Waals surface area contributed by atoms with Crippen molar-refractivity contribution in [1.82, 2.24) is 0 Å². The summed E-state index contributed by atoms with van der Waals surface area (Å²) in [5, 5.41) is 43.4. The van der Waals surface area contributed by atoms with E-state index in [1.807, 2.05) is 0 Å². The maximum absolute atomic E-state index is 10.1. The molecule has 1 radical (unpaired) electrons. The molecule has 13 heavy (non-hydrogen) atoms. The molecule has 0 aromatic carbocycles. The molecule has 0 aliphatic rings. The van der Waals surface area contributed by atoms with Crippen LogP contribution in [0.15, 0.2) is 0 Å². The summed E-state index contributed by atoms with van der Waals surface area (Å²) < 4.78 is 0. The minimum absolute atomic E-state index is 0. The number of carboxylic acid groups (broad SMARTS) is 1. The first-order valence-electron chi connectivity index (χ1n) is 3.33. The molecule has 0 heterocycles. The summed E-state index contributed by atoms with van der Waals surface area (Å²) in [5.74, 6) is -1.65. The summed E-state index contributed by atoms with van der Waals surface area (Å²) in [6, 6.07) is 0. The van der Waals surface area contributed by atoms with Gasteiger partial charge in [-0.25, -0.2) is 4.79 Å². The van der Waals surface area contributed by atoms with Gasteiger partial charge < -0.3 is 25.5 Å². The van der Waals surface area contributed by atoms with Crippen molar-refractivity contribution in [2.24, 2.45) is 0 Å². The second-order valence-electron chi connectivity index (χ2n) is 2.50. The van der Waals surface area contributed by atoms with Crippen LogP contribution in [0, 0.1) is 0 Å². The molecule has 7 heteroatoms. The number of hydrogen-bond acceptors (Lipinski definition) is 5. The molecule has 0 aromatic rings. The van der Waals surface area contributed by atoms with Crippen molar-refractivity contribution >= 4 is 35.5 Å². The van der Waals surface area contributed by atoms with E-state index in [9.17, 15) is 4.79 Å². The Balaban J connectivity index is 0. The molecule has 0 amide bonds. The van der Waals surface area contributed by atoms with Crippen molar-refractivity contribution in [2.45, 2.75) is 31.3 Å². The first-order chi connectivity index (χ1) is 5.37. The SMILES string of the molecule is CC(O)C(O)C(O)C(O)C(=O)O.[Na]. The second-order valence-corrected chi connectivity index (χ2v) is 2.50. The fraction of sp³-hybridized carbons (Fsp3) is 0.833. The van der Waals surface area contributed by atoms with Crippen molar-refractivity contribution in [2.75, 3.05) is 0 Å². The van der Waals surface area contributed by atoms with Crippen LogP contribution in [-0.4, -0.2) is 85.5 Å². The Morgan fingerprint density at radius 1 is 1.08 bits per heavy atom. The van der Waals surface area contributed by atoms with Gasteiger partial charge >= 0.3 is 5.97 Å². The van der Waals surface area contributed by atoms with Crippen LogP contribution in [0.4, 0.5) is 0 Å². The number of carboxylic acids is 1. The third-order valence-corrected chi connectivity index (χ3v) is 1.42. The maximum Gasteiger partial charge on any atom is 0.335 e. The topological polar surface area (TPSA) is 118 Å². The molecule has 0 aliphatic heterocycles. The summed E-state index contributed by atoms with van der Waals surface area (Å²) in [5.41, 5.74) is 0. The van der Waals surface area contributed by atoms with Gasteiger partial charge in [0.25, 0.3) is 0 Å². The quantitative estimate of drug-likeness (QED) is 0.314. The average Bonchev–Trinajstić information content (AvgIpc) is 2.00. The van der Waals surface area contributed by atoms with Gasteiger partial charge in [0.05, 0.1) is 6.10 Å². The zero-order chi connectivity index (χ0) is 9.89. The molecule has 73 valence electrons. The monoisotopic (exact) mass is 203 g/mol. The number of aliphatic hydroxyl groups is 4. The molecule has 0 aromatic heterocycles. The van der Waals surface area contributed by atoms with Crippen molar-refractivity contribution in [3.63, 3.8) is 0 Å². The predicted molar refractivity (Wildman–Crippen MR) is 43.1 cm³/mol. The smallest absolute Gasteiger partial charge is 0.335 e. The van der Waals surface area contributed by atoms with E-state index in [1.165, 1.54) is 6.92 Å². The summed E-state index contributed by atoms with van der Waals surface area (Å²) in [4.78, 5) is 10.1. The number of carbonyl (C=O) groups is 1. The van der Waals surface area contributed by atoms with Gasteiger partial charge in [0, 0.05) is 29.6 Å². The molecule has 4 unspecified atom stereocenters. The Bertz CT molecular complexity index is 161. The van der Waals surface area contributed by atoms with Crippen molar-refractivity contribution in [3.05, 3.63) is 0 Å². The van der Waals surface area contributed by atoms with E-state index in [0.29, 0.717) is 0 Å². The zero-order valence-electron chi connectivity index (χ0n) is 7.45. The molecule has 0 fully saturated rings. The summed E-state index contributed by atoms with van der Waals surface area (Å²) in [6.07, 6.45) is -6.94. The Hall–Kier alpha value is 0.310. The van der Waals surface area contributed by atoms with Gasteiger partial charge in [-0.05, 0) is 6.92 Å². The minimum Gasteiger partial charge on any atom is -0.479 e. The average molecular weight is 203 g/mol. The third-order valence-electron chi connectivity index (χ3n) is 1.42. The van der Waals surface area contributed by atoms with Crippen LogP contribution < -0.4 is 0 Å². The van der Waals surface area contributed by atoms with Gasteiger partial charge in [0.1, 0.15) is 12.2 Å². The molecule has 6 nitrogen and oxygen atoms in total. The normalized spacial score (nSPS) is 19.5. The second kappa shape index (κ2) is 6.72. The van der Waals surface area contributed by atoms with Gasteiger partial charge in [-0.2, -0.15) is 0 Å². The molecule has 0 saturated heterocycles. The van der Waals surface area contributed by atoms with Gasteiger partial charge in [-0.15, -0.1) is 0 Å². The van der Waals surface area contributed by atoms with E-state index in [1.54, 1.807) is 0 Å². The Labute approximate surface area is 97.1 Å². The number of rotatable bonds is 4. The van der Waals surface area contributed by atoms with E-state index in [0.717, 1.165) is 0 Å². The molecule has 0 bridgehead atoms. The number of aliphatic carboxylic acids is 1. The molecular formula is C6H12NaO6. The Kier molecular flexibility index (Phi) is 8.15. The van der Waals surface area contributed by atoms with Gasteiger partial charge in [0.15, 0.2) is 6.10 Å². The van der Waals surface area contributed by atoms with Crippen LogP contribution >= 0.6 is 0 Å². The number of aliphatic hydroxyl groups excluding tert-OH is 4. The van der Waals surface area contributed by atoms with Gasteiger partial charge in [-0.1, -0.05) is 0 Å². The van der Waals surface area contributed by atoms with E-state index in [2.05, 4.69) is 0 Å². The largest absolute Gasteiger partial charge is 0.479 e. The fourth-order valence-corrected chi connectivity index (χ4v) is 0.618. The first kappa shape index (κ1) is 15.8. The van der Waals surface area contributed by atoms with Crippen LogP contribution in [0.25, 0.3) is 0 Å². The third kappa shape index (κ3) is 4.92. The standard InChI is InChI=1S/C6H12O6.Na/c1-2(7)3(8)4(9)5(10)6(11)12;/h2-5,7-10H,1H3,(H,11,12);. The molecule has 0 saturated carbocycles. The predicted octanol–water partition coefficient (Wildman–Crippen LogP) is -2.85.